The van der Waals surface area contributed by atoms with Gasteiger partial charge in [-0.3, -0.25) is 9.80 Å². The molecule has 1 heterocycles. The highest BCUT2D eigenvalue weighted by atomic mass is 35.5. The molecular formula is C20H25ClN2O2. The van der Waals surface area contributed by atoms with Crippen molar-refractivity contribution in [1.29, 1.82) is 0 Å². The minimum absolute atomic E-state index is 0.712. The predicted octanol–water partition coefficient (Wildman–Crippen LogP) is 3.55. The lowest BCUT2D eigenvalue weighted by atomic mass is 10.2. The van der Waals surface area contributed by atoms with Crippen LogP contribution in [0.2, 0.25) is 5.02 Å². The van der Waals surface area contributed by atoms with Gasteiger partial charge >= 0.3 is 0 Å². The first-order chi connectivity index (χ1) is 12.2. The topological polar surface area (TPSA) is 24.9 Å². The lowest BCUT2D eigenvalue weighted by molar-refractivity contribution is 0.112. The minimum Gasteiger partial charge on any atom is -0.497 e. The monoisotopic (exact) mass is 360 g/mol. The van der Waals surface area contributed by atoms with Gasteiger partial charge in [0, 0.05) is 44.3 Å². The van der Waals surface area contributed by atoms with E-state index in [2.05, 4.69) is 21.9 Å². The van der Waals surface area contributed by atoms with Crippen molar-refractivity contribution in [3.8, 4) is 11.5 Å². The highest BCUT2D eigenvalue weighted by Crippen LogP contribution is 2.17. The van der Waals surface area contributed by atoms with E-state index in [1.807, 2.05) is 36.4 Å². The van der Waals surface area contributed by atoms with Crippen LogP contribution in [0.15, 0.2) is 48.5 Å². The minimum atomic E-state index is 0.712. The maximum Gasteiger partial charge on any atom is 0.119 e. The molecule has 1 aliphatic heterocycles. The van der Waals surface area contributed by atoms with Gasteiger partial charge in [-0.15, -0.1) is 0 Å². The van der Waals surface area contributed by atoms with Gasteiger partial charge < -0.3 is 9.47 Å². The second-order valence-electron chi connectivity index (χ2n) is 6.27. The fourth-order valence-electron chi connectivity index (χ4n) is 2.98. The first-order valence-corrected chi connectivity index (χ1v) is 9.07. The highest BCUT2D eigenvalue weighted by molar-refractivity contribution is 6.30. The van der Waals surface area contributed by atoms with Gasteiger partial charge in [-0.1, -0.05) is 23.7 Å². The molecule has 5 heteroatoms. The van der Waals surface area contributed by atoms with Crippen molar-refractivity contribution in [2.24, 2.45) is 0 Å². The Morgan fingerprint density at radius 2 is 1.44 bits per heavy atom. The SMILES string of the molecule is COc1ccc(OCCN2CCN(Cc3ccc(Cl)cc3)CC2)cc1. The van der Waals surface area contributed by atoms with Crippen molar-refractivity contribution < 1.29 is 9.47 Å². The van der Waals surface area contributed by atoms with Crippen LogP contribution in [0.3, 0.4) is 0 Å². The molecule has 0 N–H and O–H groups in total. The van der Waals surface area contributed by atoms with Crippen molar-refractivity contribution >= 4 is 11.6 Å². The summed E-state index contributed by atoms with van der Waals surface area (Å²) in [5, 5.41) is 0.797. The zero-order valence-corrected chi connectivity index (χ0v) is 15.4. The number of piperazine rings is 1. The molecule has 0 aliphatic carbocycles. The van der Waals surface area contributed by atoms with E-state index < -0.39 is 0 Å². The van der Waals surface area contributed by atoms with Crippen molar-refractivity contribution in [1.82, 2.24) is 9.80 Å². The summed E-state index contributed by atoms with van der Waals surface area (Å²) in [6, 6.07) is 15.9. The molecule has 0 radical (unpaired) electrons. The Bertz CT molecular complexity index is 638. The van der Waals surface area contributed by atoms with E-state index in [1.54, 1.807) is 7.11 Å². The average molecular weight is 361 g/mol. The third-order valence-corrected chi connectivity index (χ3v) is 4.77. The summed E-state index contributed by atoms with van der Waals surface area (Å²) in [4.78, 5) is 4.95. The molecule has 0 unspecified atom stereocenters. The maximum absolute atomic E-state index is 5.94. The quantitative estimate of drug-likeness (QED) is 0.754. The normalized spacial score (nSPS) is 15.9. The van der Waals surface area contributed by atoms with Gasteiger partial charge in [0.05, 0.1) is 7.11 Å². The zero-order valence-electron chi connectivity index (χ0n) is 14.7. The molecule has 2 aromatic carbocycles. The van der Waals surface area contributed by atoms with Crippen LogP contribution in [0.5, 0.6) is 11.5 Å². The van der Waals surface area contributed by atoms with Crippen molar-refractivity contribution in [2.75, 3.05) is 46.4 Å². The van der Waals surface area contributed by atoms with Crippen LogP contribution in [-0.2, 0) is 6.54 Å². The summed E-state index contributed by atoms with van der Waals surface area (Å²) < 4.78 is 11.0. The molecule has 0 aromatic heterocycles. The Hall–Kier alpha value is -1.75. The summed E-state index contributed by atoms with van der Waals surface area (Å²) in [5.41, 5.74) is 1.32. The lowest BCUT2D eigenvalue weighted by Gasteiger charge is -2.34. The van der Waals surface area contributed by atoms with E-state index in [0.717, 1.165) is 55.8 Å². The Morgan fingerprint density at radius 3 is 2.08 bits per heavy atom. The van der Waals surface area contributed by atoms with E-state index in [0.29, 0.717) is 6.61 Å². The van der Waals surface area contributed by atoms with E-state index in [4.69, 9.17) is 21.1 Å². The molecular weight excluding hydrogens is 336 g/mol. The van der Waals surface area contributed by atoms with Gasteiger partial charge in [0.25, 0.3) is 0 Å². The molecule has 0 amide bonds. The fraction of sp³-hybridized carbons (Fsp3) is 0.400. The third kappa shape index (κ3) is 5.63. The van der Waals surface area contributed by atoms with Crippen molar-refractivity contribution in [3.63, 3.8) is 0 Å². The van der Waals surface area contributed by atoms with Crippen LogP contribution in [0.4, 0.5) is 0 Å². The third-order valence-electron chi connectivity index (χ3n) is 4.52. The molecule has 0 atom stereocenters. The second-order valence-corrected chi connectivity index (χ2v) is 6.70. The average Bonchev–Trinajstić information content (AvgIpc) is 2.66. The van der Waals surface area contributed by atoms with Crippen LogP contribution in [0.25, 0.3) is 0 Å². The van der Waals surface area contributed by atoms with Gasteiger partial charge in [-0.2, -0.15) is 0 Å². The van der Waals surface area contributed by atoms with Crippen LogP contribution in [-0.4, -0.2) is 56.2 Å². The lowest BCUT2D eigenvalue weighted by Crippen LogP contribution is -2.47. The molecule has 134 valence electrons. The van der Waals surface area contributed by atoms with E-state index >= 15 is 0 Å². The second kappa shape index (κ2) is 9.09. The smallest absolute Gasteiger partial charge is 0.119 e. The Balaban J connectivity index is 1.35. The summed E-state index contributed by atoms with van der Waals surface area (Å²) in [7, 11) is 1.67. The largest absolute Gasteiger partial charge is 0.497 e. The molecule has 2 aromatic rings. The molecule has 0 saturated carbocycles. The summed E-state index contributed by atoms with van der Waals surface area (Å²) >= 11 is 5.94. The highest BCUT2D eigenvalue weighted by Gasteiger charge is 2.16. The number of hydrogen-bond acceptors (Lipinski definition) is 4. The standard InChI is InChI=1S/C20H25ClN2O2/c1-24-19-6-8-20(9-7-19)25-15-14-22-10-12-23(13-11-22)16-17-2-4-18(21)5-3-17/h2-9H,10-16H2,1H3. The maximum atomic E-state index is 5.94. The number of ether oxygens (including phenoxy) is 2. The van der Waals surface area contributed by atoms with Crippen molar-refractivity contribution in [2.45, 2.75) is 6.54 Å². The number of nitrogens with zero attached hydrogens (tertiary/aromatic N) is 2. The number of rotatable bonds is 7. The summed E-state index contributed by atoms with van der Waals surface area (Å²) in [6.45, 7) is 7.01. The first kappa shape index (κ1) is 18.1. The van der Waals surface area contributed by atoms with E-state index in [1.165, 1.54) is 5.56 Å². The molecule has 4 nitrogen and oxygen atoms in total. The predicted molar refractivity (Wildman–Crippen MR) is 102 cm³/mol. The Labute approximate surface area is 154 Å². The molecule has 1 aliphatic rings. The molecule has 3 rings (SSSR count). The van der Waals surface area contributed by atoms with E-state index in [9.17, 15) is 0 Å². The zero-order chi connectivity index (χ0) is 17.5. The molecule has 1 fully saturated rings. The Kier molecular flexibility index (Phi) is 6.56. The summed E-state index contributed by atoms with van der Waals surface area (Å²) in [5.74, 6) is 1.74. The number of benzene rings is 2. The van der Waals surface area contributed by atoms with Gasteiger partial charge in [0.2, 0.25) is 0 Å². The van der Waals surface area contributed by atoms with Crippen LogP contribution in [0.1, 0.15) is 5.56 Å². The van der Waals surface area contributed by atoms with E-state index in [-0.39, 0.29) is 0 Å². The summed E-state index contributed by atoms with van der Waals surface area (Å²) in [6.07, 6.45) is 0. The van der Waals surface area contributed by atoms with Gasteiger partial charge in [0.1, 0.15) is 18.1 Å². The molecule has 1 saturated heterocycles. The molecule has 0 spiro atoms. The number of methoxy groups -OCH3 is 1. The Morgan fingerprint density at radius 1 is 0.840 bits per heavy atom. The van der Waals surface area contributed by atoms with Gasteiger partial charge in [0.15, 0.2) is 0 Å². The van der Waals surface area contributed by atoms with Crippen LogP contribution in [0, 0.1) is 0 Å². The molecule has 0 bridgehead atoms. The number of hydrogen-bond donors (Lipinski definition) is 0. The van der Waals surface area contributed by atoms with Gasteiger partial charge in [-0.05, 0) is 42.0 Å². The first-order valence-electron chi connectivity index (χ1n) is 8.69. The van der Waals surface area contributed by atoms with Crippen molar-refractivity contribution in [3.05, 3.63) is 59.1 Å². The van der Waals surface area contributed by atoms with Gasteiger partial charge in [-0.25, -0.2) is 0 Å². The molecule has 25 heavy (non-hydrogen) atoms. The van der Waals surface area contributed by atoms with Crippen LogP contribution >= 0.6 is 11.6 Å². The fourth-order valence-corrected chi connectivity index (χ4v) is 3.11. The van der Waals surface area contributed by atoms with Crippen LogP contribution < -0.4 is 9.47 Å². The number of halogens is 1.